The van der Waals surface area contributed by atoms with Crippen LogP contribution in [-0.2, 0) is 4.79 Å². The minimum absolute atomic E-state index is 0.141. The Balaban J connectivity index is 2.30. The number of carbonyl (C=O) groups is 1. The molecule has 0 spiro atoms. The topological polar surface area (TPSA) is 42.4 Å². The van der Waals surface area contributed by atoms with E-state index in [1.165, 1.54) is 0 Å². The number of carbonyl (C=O) groups excluding carboxylic acids is 1. The fraction of sp³-hybridized carbons (Fsp3) is 0.538. The van der Waals surface area contributed by atoms with E-state index in [0.717, 1.165) is 30.6 Å². The zero-order chi connectivity index (χ0) is 12.4. The third kappa shape index (κ3) is 2.25. The lowest BCUT2D eigenvalue weighted by molar-refractivity contribution is -0.129. The molecule has 1 aliphatic rings. The molecule has 1 unspecified atom stereocenters. The van der Waals surface area contributed by atoms with Crippen molar-refractivity contribution in [1.29, 1.82) is 0 Å². The summed E-state index contributed by atoms with van der Waals surface area (Å²) in [6, 6.07) is 4.07. The molecule has 17 heavy (non-hydrogen) atoms. The molecule has 4 nitrogen and oxygen atoms in total. The maximum Gasteiger partial charge on any atom is 0.219 e. The minimum Gasteiger partial charge on any atom is -0.481 e. The van der Waals surface area contributed by atoms with E-state index in [4.69, 9.17) is 4.74 Å². The van der Waals surface area contributed by atoms with Crippen LogP contribution < -0.4 is 4.74 Å². The first-order chi connectivity index (χ1) is 8.13. The zero-order valence-electron chi connectivity index (χ0n) is 10.6. The molecular formula is C13H18N2O2. The van der Waals surface area contributed by atoms with Gasteiger partial charge in [-0.15, -0.1) is 0 Å². The Morgan fingerprint density at radius 3 is 2.88 bits per heavy atom. The lowest BCUT2D eigenvalue weighted by Crippen LogP contribution is -2.28. The van der Waals surface area contributed by atoms with Gasteiger partial charge in [0.2, 0.25) is 11.8 Å². The summed E-state index contributed by atoms with van der Waals surface area (Å²) in [6.45, 7) is 4.45. The molecule has 0 saturated carbocycles. The molecule has 0 aliphatic carbocycles. The normalized spacial score (nSPS) is 19.5. The van der Waals surface area contributed by atoms with Crippen LogP contribution in [0.25, 0.3) is 0 Å². The largest absolute Gasteiger partial charge is 0.481 e. The molecule has 92 valence electrons. The molecule has 0 aromatic carbocycles. The second-order valence-electron chi connectivity index (χ2n) is 4.40. The van der Waals surface area contributed by atoms with Crippen molar-refractivity contribution in [1.82, 2.24) is 9.88 Å². The van der Waals surface area contributed by atoms with Gasteiger partial charge in [-0.3, -0.25) is 4.79 Å². The first-order valence-corrected chi connectivity index (χ1v) is 5.92. The van der Waals surface area contributed by atoms with E-state index in [9.17, 15) is 4.79 Å². The Hall–Kier alpha value is -1.58. The van der Waals surface area contributed by atoms with Crippen molar-refractivity contribution >= 4 is 5.91 Å². The monoisotopic (exact) mass is 234 g/mol. The fourth-order valence-corrected chi connectivity index (χ4v) is 2.48. The van der Waals surface area contributed by atoms with Crippen LogP contribution in [0.2, 0.25) is 0 Å². The van der Waals surface area contributed by atoms with Crippen molar-refractivity contribution in [2.24, 2.45) is 0 Å². The predicted molar refractivity (Wildman–Crippen MR) is 64.9 cm³/mol. The van der Waals surface area contributed by atoms with Gasteiger partial charge in [0, 0.05) is 25.2 Å². The van der Waals surface area contributed by atoms with Gasteiger partial charge in [-0.2, -0.15) is 0 Å². The standard InChI is InChI=1S/C13H18N2O2/c1-9-11(6-7-13(14-9)17-3)12-5-4-8-15(12)10(2)16/h6-7,12H,4-5,8H2,1-3H3. The van der Waals surface area contributed by atoms with Gasteiger partial charge in [-0.05, 0) is 31.4 Å². The van der Waals surface area contributed by atoms with Gasteiger partial charge in [0.1, 0.15) is 0 Å². The number of likely N-dealkylation sites (tertiary alicyclic amines) is 1. The van der Waals surface area contributed by atoms with Gasteiger partial charge >= 0.3 is 0 Å². The molecule has 0 radical (unpaired) electrons. The quantitative estimate of drug-likeness (QED) is 0.786. The van der Waals surface area contributed by atoms with E-state index in [2.05, 4.69) is 4.98 Å². The number of aryl methyl sites for hydroxylation is 1. The molecule has 0 N–H and O–H groups in total. The molecule has 1 aliphatic heterocycles. The first-order valence-electron chi connectivity index (χ1n) is 5.92. The summed E-state index contributed by atoms with van der Waals surface area (Å²) >= 11 is 0. The summed E-state index contributed by atoms with van der Waals surface area (Å²) < 4.78 is 5.10. The maximum absolute atomic E-state index is 11.5. The van der Waals surface area contributed by atoms with Crippen molar-refractivity contribution in [3.05, 3.63) is 23.4 Å². The van der Waals surface area contributed by atoms with Crippen molar-refractivity contribution in [2.75, 3.05) is 13.7 Å². The Morgan fingerprint density at radius 2 is 2.29 bits per heavy atom. The fourth-order valence-electron chi connectivity index (χ4n) is 2.48. The highest BCUT2D eigenvalue weighted by Gasteiger charge is 2.29. The number of hydrogen-bond donors (Lipinski definition) is 0. The zero-order valence-corrected chi connectivity index (χ0v) is 10.6. The van der Waals surface area contributed by atoms with Crippen LogP contribution in [0.3, 0.4) is 0 Å². The number of pyridine rings is 1. The molecule has 1 atom stereocenters. The van der Waals surface area contributed by atoms with Gasteiger partial charge < -0.3 is 9.64 Å². The van der Waals surface area contributed by atoms with Crippen LogP contribution in [0.4, 0.5) is 0 Å². The molecule has 1 aromatic heterocycles. The summed E-state index contributed by atoms with van der Waals surface area (Å²) in [5.74, 6) is 0.765. The third-order valence-electron chi connectivity index (χ3n) is 3.33. The van der Waals surface area contributed by atoms with Gasteiger partial charge in [0.05, 0.1) is 13.2 Å². The van der Waals surface area contributed by atoms with Crippen molar-refractivity contribution in [3.63, 3.8) is 0 Å². The number of nitrogens with zero attached hydrogens (tertiary/aromatic N) is 2. The number of aromatic nitrogens is 1. The predicted octanol–water partition coefficient (Wildman–Crippen LogP) is 2.08. The molecule has 1 saturated heterocycles. The Morgan fingerprint density at radius 1 is 1.53 bits per heavy atom. The van der Waals surface area contributed by atoms with E-state index in [-0.39, 0.29) is 11.9 Å². The highest BCUT2D eigenvalue weighted by atomic mass is 16.5. The summed E-state index contributed by atoms with van der Waals surface area (Å²) in [7, 11) is 1.61. The highest BCUT2D eigenvalue weighted by molar-refractivity contribution is 5.74. The van der Waals surface area contributed by atoms with Crippen LogP contribution in [0, 0.1) is 6.92 Å². The second kappa shape index (κ2) is 4.73. The molecule has 2 heterocycles. The number of amides is 1. The highest BCUT2D eigenvalue weighted by Crippen LogP contribution is 2.33. The van der Waals surface area contributed by atoms with Crippen LogP contribution >= 0.6 is 0 Å². The smallest absolute Gasteiger partial charge is 0.219 e. The van der Waals surface area contributed by atoms with Crippen molar-refractivity contribution in [3.8, 4) is 5.88 Å². The molecule has 1 fully saturated rings. The Kier molecular flexibility index (Phi) is 3.31. The number of ether oxygens (including phenoxy) is 1. The van der Waals surface area contributed by atoms with Gasteiger partial charge in [-0.25, -0.2) is 4.98 Å². The van der Waals surface area contributed by atoms with Crippen LogP contribution in [0.1, 0.15) is 37.1 Å². The number of methoxy groups -OCH3 is 1. The second-order valence-corrected chi connectivity index (χ2v) is 4.40. The van der Waals surface area contributed by atoms with Crippen LogP contribution in [0.15, 0.2) is 12.1 Å². The average Bonchev–Trinajstić information content (AvgIpc) is 2.77. The van der Waals surface area contributed by atoms with Gasteiger partial charge in [-0.1, -0.05) is 0 Å². The Bertz CT molecular complexity index is 431. The molecule has 0 bridgehead atoms. The van der Waals surface area contributed by atoms with Gasteiger partial charge in [0.25, 0.3) is 0 Å². The summed E-state index contributed by atoms with van der Waals surface area (Å²) in [4.78, 5) is 17.8. The molecular weight excluding hydrogens is 216 g/mol. The van der Waals surface area contributed by atoms with Crippen molar-refractivity contribution < 1.29 is 9.53 Å². The summed E-state index contributed by atoms with van der Waals surface area (Å²) in [5, 5.41) is 0. The number of hydrogen-bond acceptors (Lipinski definition) is 3. The molecule has 2 rings (SSSR count). The van der Waals surface area contributed by atoms with E-state index in [1.807, 2.05) is 24.0 Å². The maximum atomic E-state index is 11.5. The summed E-state index contributed by atoms with van der Waals surface area (Å²) in [5.41, 5.74) is 2.08. The van der Waals surface area contributed by atoms with Crippen molar-refractivity contribution in [2.45, 2.75) is 32.7 Å². The van der Waals surface area contributed by atoms with E-state index in [1.54, 1.807) is 14.0 Å². The molecule has 4 heteroatoms. The van der Waals surface area contributed by atoms with Crippen LogP contribution in [0.5, 0.6) is 5.88 Å². The minimum atomic E-state index is 0.141. The van der Waals surface area contributed by atoms with E-state index in [0.29, 0.717) is 5.88 Å². The Labute approximate surface area is 102 Å². The number of rotatable bonds is 2. The van der Waals surface area contributed by atoms with E-state index >= 15 is 0 Å². The van der Waals surface area contributed by atoms with E-state index < -0.39 is 0 Å². The third-order valence-corrected chi connectivity index (χ3v) is 3.33. The lowest BCUT2D eigenvalue weighted by Gasteiger charge is -2.24. The first kappa shape index (κ1) is 11.9. The van der Waals surface area contributed by atoms with Crippen LogP contribution in [-0.4, -0.2) is 29.4 Å². The average molecular weight is 234 g/mol. The molecule has 1 amide bonds. The SMILES string of the molecule is COc1ccc(C2CCCN2C(C)=O)c(C)n1. The van der Waals surface area contributed by atoms with Gasteiger partial charge in [0.15, 0.2) is 0 Å². The summed E-state index contributed by atoms with van der Waals surface area (Å²) in [6.07, 6.45) is 2.09. The molecule has 1 aromatic rings. The lowest BCUT2D eigenvalue weighted by atomic mass is 10.0.